The molecule has 2 amide bonds. The molecule has 1 aromatic carbocycles. The Morgan fingerprint density at radius 1 is 1.28 bits per heavy atom. The Morgan fingerprint density at radius 2 is 2.08 bits per heavy atom. The summed E-state index contributed by atoms with van der Waals surface area (Å²) in [6.45, 7) is 1.45. The molecule has 3 rings (SSSR count). The van der Waals surface area contributed by atoms with E-state index in [9.17, 15) is 9.59 Å². The number of nitrogens with one attached hydrogen (secondary N) is 1. The van der Waals surface area contributed by atoms with Gasteiger partial charge in [0.05, 0.1) is 25.1 Å². The van der Waals surface area contributed by atoms with Gasteiger partial charge >= 0.3 is 0 Å². The highest BCUT2D eigenvalue weighted by atomic mass is 32.1. The maximum Gasteiger partial charge on any atom is 0.226 e. The zero-order valence-electron chi connectivity index (χ0n) is 14.2. The summed E-state index contributed by atoms with van der Waals surface area (Å²) in [6.07, 6.45) is 0.236. The van der Waals surface area contributed by atoms with Crippen molar-refractivity contribution in [2.45, 2.75) is 19.0 Å². The molecular weight excluding hydrogens is 336 g/mol. The van der Waals surface area contributed by atoms with Crippen LogP contribution in [0, 0.1) is 5.92 Å². The molecule has 2 aromatic rings. The molecule has 1 aliphatic heterocycles. The summed E-state index contributed by atoms with van der Waals surface area (Å²) in [6, 6.07) is 13.5. The van der Waals surface area contributed by atoms with Gasteiger partial charge in [0.15, 0.2) is 0 Å². The van der Waals surface area contributed by atoms with Gasteiger partial charge in [-0.25, -0.2) is 0 Å². The van der Waals surface area contributed by atoms with Crippen molar-refractivity contribution in [3.05, 3.63) is 58.3 Å². The minimum Gasteiger partial charge on any atom is -0.383 e. The topological polar surface area (TPSA) is 58.6 Å². The number of ether oxygens (including phenoxy) is 1. The van der Waals surface area contributed by atoms with Crippen molar-refractivity contribution in [3.8, 4) is 0 Å². The first-order valence-corrected chi connectivity index (χ1v) is 9.22. The molecular formula is C19H22N2O3S. The van der Waals surface area contributed by atoms with Crippen LogP contribution in [0.1, 0.15) is 22.9 Å². The molecule has 0 saturated carbocycles. The second-order valence-electron chi connectivity index (χ2n) is 6.04. The van der Waals surface area contributed by atoms with Crippen LogP contribution in [0.15, 0.2) is 47.8 Å². The molecule has 0 aliphatic carbocycles. The Hall–Kier alpha value is -2.18. The molecule has 2 atom stereocenters. The molecule has 1 N–H and O–H groups in total. The van der Waals surface area contributed by atoms with Crippen LogP contribution < -0.4 is 5.32 Å². The molecule has 1 aliphatic rings. The summed E-state index contributed by atoms with van der Waals surface area (Å²) in [7, 11) is 1.61. The zero-order valence-corrected chi connectivity index (χ0v) is 15.0. The van der Waals surface area contributed by atoms with Crippen molar-refractivity contribution in [2.24, 2.45) is 5.92 Å². The molecule has 5 nitrogen and oxygen atoms in total. The maximum absolute atomic E-state index is 12.8. The number of rotatable bonds is 7. The predicted molar refractivity (Wildman–Crippen MR) is 97.0 cm³/mol. The fraction of sp³-hybridized carbons (Fsp3) is 0.368. The predicted octanol–water partition coefficient (Wildman–Crippen LogP) is 2.60. The van der Waals surface area contributed by atoms with Crippen LogP contribution in [0.4, 0.5) is 0 Å². The lowest BCUT2D eigenvalue weighted by molar-refractivity contribution is -0.129. The number of carbonyl (C=O) groups is 2. The zero-order chi connectivity index (χ0) is 17.6. The van der Waals surface area contributed by atoms with Gasteiger partial charge < -0.3 is 15.0 Å². The number of thiophene rings is 1. The highest BCUT2D eigenvalue weighted by molar-refractivity contribution is 7.09. The highest BCUT2D eigenvalue weighted by Gasteiger charge is 2.44. The number of amides is 2. The Kier molecular flexibility index (Phi) is 5.83. The van der Waals surface area contributed by atoms with E-state index in [1.165, 1.54) is 0 Å². The Labute approximate surface area is 151 Å². The summed E-state index contributed by atoms with van der Waals surface area (Å²) in [5.41, 5.74) is 0.987. The Morgan fingerprint density at radius 3 is 2.76 bits per heavy atom. The SMILES string of the molecule is COCCN1C(=O)C[C@@H](C(=O)NCc2cccs2)[C@@H]1c1ccccc1. The largest absolute Gasteiger partial charge is 0.383 e. The van der Waals surface area contributed by atoms with Gasteiger partial charge in [0.2, 0.25) is 11.8 Å². The van der Waals surface area contributed by atoms with Gasteiger partial charge in [0, 0.05) is 25.0 Å². The van der Waals surface area contributed by atoms with Gasteiger partial charge in [-0.1, -0.05) is 36.4 Å². The van der Waals surface area contributed by atoms with E-state index in [1.807, 2.05) is 47.8 Å². The standard InChI is InChI=1S/C19H22N2O3S/c1-24-10-9-21-17(22)12-16(18(21)14-6-3-2-4-7-14)19(23)20-13-15-8-5-11-25-15/h2-8,11,16,18H,9-10,12-13H2,1H3,(H,20,23)/t16-,18+/m1/s1. The molecule has 0 spiro atoms. The summed E-state index contributed by atoms with van der Waals surface area (Å²) >= 11 is 1.61. The molecule has 0 unspecified atom stereocenters. The monoisotopic (exact) mass is 358 g/mol. The number of nitrogens with zero attached hydrogens (tertiary/aromatic N) is 1. The lowest BCUT2D eigenvalue weighted by Crippen LogP contribution is -2.36. The van der Waals surface area contributed by atoms with Crippen LogP contribution in [0.5, 0.6) is 0 Å². The van der Waals surface area contributed by atoms with Crippen LogP contribution in [0.25, 0.3) is 0 Å². The van der Waals surface area contributed by atoms with Gasteiger partial charge in [-0.2, -0.15) is 0 Å². The van der Waals surface area contributed by atoms with Crippen molar-refractivity contribution >= 4 is 23.2 Å². The second-order valence-corrected chi connectivity index (χ2v) is 7.08. The average molecular weight is 358 g/mol. The smallest absolute Gasteiger partial charge is 0.226 e. The van der Waals surface area contributed by atoms with Gasteiger partial charge in [0.1, 0.15) is 0 Å². The van der Waals surface area contributed by atoms with E-state index in [4.69, 9.17) is 4.74 Å². The van der Waals surface area contributed by atoms with E-state index >= 15 is 0 Å². The third kappa shape index (κ3) is 4.08. The third-order valence-electron chi connectivity index (χ3n) is 4.46. The van der Waals surface area contributed by atoms with Gasteiger partial charge in [-0.3, -0.25) is 9.59 Å². The van der Waals surface area contributed by atoms with Gasteiger partial charge in [0.25, 0.3) is 0 Å². The van der Waals surface area contributed by atoms with Gasteiger partial charge in [-0.05, 0) is 17.0 Å². The Bertz CT molecular complexity index is 703. The fourth-order valence-electron chi connectivity index (χ4n) is 3.26. The summed E-state index contributed by atoms with van der Waals surface area (Å²) in [5, 5.41) is 4.97. The van der Waals surface area contributed by atoms with Crippen molar-refractivity contribution in [1.29, 1.82) is 0 Å². The lowest BCUT2D eigenvalue weighted by Gasteiger charge is -2.28. The maximum atomic E-state index is 12.8. The van der Waals surface area contributed by atoms with E-state index in [0.717, 1.165) is 10.4 Å². The van der Waals surface area contributed by atoms with E-state index in [1.54, 1.807) is 23.3 Å². The van der Waals surface area contributed by atoms with Crippen LogP contribution in [-0.2, 0) is 20.9 Å². The first kappa shape index (κ1) is 17.6. The lowest BCUT2D eigenvalue weighted by atomic mass is 9.93. The minimum absolute atomic E-state index is 0.00202. The van der Waals surface area contributed by atoms with Crippen molar-refractivity contribution < 1.29 is 14.3 Å². The molecule has 2 heterocycles. The molecule has 1 saturated heterocycles. The molecule has 6 heteroatoms. The molecule has 1 fully saturated rings. The first-order chi connectivity index (χ1) is 12.2. The molecule has 1 aromatic heterocycles. The van der Waals surface area contributed by atoms with Gasteiger partial charge in [-0.15, -0.1) is 11.3 Å². The van der Waals surface area contributed by atoms with E-state index in [2.05, 4.69) is 5.32 Å². The van der Waals surface area contributed by atoms with Crippen molar-refractivity contribution in [3.63, 3.8) is 0 Å². The van der Waals surface area contributed by atoms with Crippen molar-refractivity contribution in [1.82, 2.24) is 10.2 Å². The quantitative estimate of drug-likeness (QED) is 0.828. The normalized spacial score (nSPS) is 20.0. The van der Waals surface area contributed by atoms with E-state index < -0.39 is 0 Å². The first-order valence-electron chi connectivity index (χ1n) is 8.34. The van der Waals surface area contributed by atoms with Crippen LogP contribution in [-0.4, -0.2) is 37.0 Å². The average Bonchev–Trinajstić information content (AvgIpc) is 3.26. The molecule has 0 radical (unpaired) electrons. The Balaban J connectivity index is 1.78. The van der Waals surface area contributed by atoms with Crippen LogP contribution in [0.3, 0.4) is 0 Å². The molecule has 132 valence electrons. The number of carbonyl (C=O) groups excluding carboxylic acids is 2. The van der Waals surface area contributed by atoms with Crippen LogP contribution in [0.2, 0.25) is 0 Å². The summed E-state index contributed by atoms with van der Waals surface area (Å²) in [4.78, 5) is 28.2. The number of hydrogen-bond donors (Lipinski definition) is 1. The van der Waals surface area contributed by atoms with E-state index in [0.29, 0.717) is 19.7 Å². The fourth-order valence-corrected chi connectivity index (χ4v) is 3.90. The number of benzene rings is 1. The molecule has 25 heavy (non-hydrogen) atoms. The number of methoxy groups -OCH3 is 1. The number of likely N-dealkylation sites (tertiary alicyclic amines) is 1. The summed E-state index contributed by atoms with van der Waals surface area (Å²) < 4.78 is 5.14. The number of hydrogen-bond acceptors (Lipinski definition) is 4. The third-order valence-corrected chi connectivity index (χ3v) is 5.34. The van der Waals surface area contributed by atoms with Crippen LogP contribution >= 0.6 is 11.3 Å². The molecule has 0 bridgehead atoms. The second kappa shape index (κ2) is 8.27. The van der Waals surface area contributed by atoms with Crippen molar-refractivity contribution in [2.75, 3.05) is 20.3 Å². The minimum atomic E-state index is -0.383. The van der Waals surface area contributed by atoms with E-state index in [-0.39, 0.29) is 30.2 Å². The summed E-state index contributed by atoms with van der Waals surface area (Å²) in [5.74, 6) is -0.454. The highest BCUT2D eigenvalue weighted by Crippen LogP contribution is 2.38.